The van der Waals surface area contributed by atoms with Gasteiger partial charge in [0.1, 0.15) is 0 Å². The topological polar surface area (TPSA) is 3.24 Å². The first kappa shape index (κ1) is 8.96. The molecular formula is C8H18N. The minimum atomic E-state index is 0.736. The fourth-order valence-electron chi connectivity index (χ4n) is 0.730. The Bertz CT molecular complexity index is 67.0. The van der Waals surface area contributed by atoms with Gasteiger partial charge in [0, 0.05) is 6.54 Å². The molecule has 1 radical (unpaired) electrons. The van der Waals surface area contributed by atoms with Gasteiger partial charge in [-0.1, -0.05) is 20.8 Å². The van der Waals surface area contributed by atoms with Crippen molar-refractivity contribution in [1.82, 2.24) is 4.90 Å². The number of hydrogen-bond donors (Lipinski definition) is 0. The van der Waals surface area contributed by atoms with E-state index in [-0.39, 0.29) is 0 Å². The van der Waals surface area contributed by atoms with Crippen LogP contribution in [-0.2, 0) is 0 Å². The molecule has 0 spiro atoms. The average Bonchev–Trinajstić information content (AvgIpc) is 1.63. The van der Waals surface area contributed by atoms with E-state index >= 15 is 0 Å². The molecule has 55 valence electrons. The molecule has 0 aliphatic rings. The van der Waals surface area contributed by atoms with Crippen molar-refractivity contribution in [3.63, 3.8) is 0 Å². The summed E-state index contributed by atoms with van der Waals surface area (Å²) in [6.07, 6.45) is 0. The van der Waals surface area contributed by atoms with Gasteiger partial charge in [0.05, 0.1) is 0 Å². The van der Waals surface area contributed by atoms with E-state index in [9.17, 15) is 0 Å². The minimum Gasteiger partial charge on any atom is -0.309 e. The molecule has 0 amide bonds. The first-order chi connectivity index (χ1) is 4.04. The summed E-state index contributed by atoms with van der Waals surface area (Å²) in [7, 11) is 4.22. The lowest BCUT2D eigenvalue weighted by Gasteiger charge is -2.19. The summed E-state index contributed by atoms with van der Waals surface area (Å²) < 4.78 is 0. The van der Waals surface area contributed by atoms with Gasteiger partial charge >= 0.3 is 0 Å². The molecule has 1 nitrogen and oxygen atoms in total. The second kappa shape index (κ2) is 3.89. The zero-order valence-electron chi connectivity index (χ0n) is 7.23. The van der Waals surface area contributed by atoms with Gasteiger partial charge in [-0.25, -0.2) is 0 Å². The normalized spacial score (nSPS) is 15.0. The molecule has 0 aromatic rings. The van der Waals surface area contributed by atoms with Crippen molar-refractivity contribution in [1.29, 1.82) is 0 Å². The van der Waals surface area contributed by atoms with Crippen LogP contribution in [0.2, 0.25) is 0 Å². The third kappa shape index (κ3) is 4.46. The van der Waals surface area contributed by atoms with Crippen LogP contribution in [0.5, 0.6) is 0 Å². The van der Waals surface area contributed by atoms with E-state index in [1.54, 1.807) is 0 Å². The van der Waals surface area contributed by atoms with E-state index in [4.69, 9.17) is 0 Å². The number of rotatable bonds is 3. The maximum absolute atomic E-state index is 2.26. The van der Waals surface area contributed by atoms with Gasteiger partial charge in [-0.15, -0.1) is 0 Å². The van der Waals surface area contributed by atoms with Gasteiger partial charge in [0.25, 0.3) is 0 Å². The Kier molecular flexibility index (Phi) is 3.87. The van der Waals surface area contributed by atoms with Gasteiger partial charge < -0.3 is 4.90 Å². The highest BCUT2D eigenvalue weighted by molar-refractivity contribution is 4.84. The summed E-state index contributed by atoms with van der Waals surface area (Å²) in [5.41, 5.74) is 0. The van der Waals surface area contributed by atoms with Crippen LogP contribution in [-0.4, -0.2) is 25.5 Å². The zero-order chi connectivity index (χ0) is 7.44. The molecule has 0 N–H and O–H groups in total. The van der Waals surface area contributed by atoms with Crippen LogP contribution in [0.25, 0.3) is 0 Å². The van der Waals surface area contributed by atoms with E-state index in [2.05, 4.69) is 39.8 Å². The highest BCUT2D eigenvalue weighted by Gasteiger charge is 2.07. The van der Waals surface area contributed by atoms with E-state index < -0.39 is 0 Å². The SMILES string of the molecule is C[C](C)C(C)CN(C)C. The van der Waals surface area contributed by atoms with Gasteiger partial charge in [0.2, 0.25) is 0 Å². The predicted octanol–water partition coefficient (Wildman–Crippen LogP) is 1.80. The lowest BCUT2D eigenvalue weighted by atomic mass is 9.98. The third-order valence-corrected chi connectivity index (χ3v) is 1.62. The Labute approximate surface area is 59.1 Å². The molecule has 0 saturated carbocycles. The van der Waals surface area contributed by atoms with Gasteiger partial charge in [0.15, 0.2) is 0 Å². The molecule has 0 aliphatic heterocycles. The Balaban J connectivity index is 3.38. The van der Waals surface area contributed by atoms with Crippen molar-refractivity contribution in [2.75, 3.05) is 20.6 Å². The summed E-state index contributed by atoms with van der Waals surface area (Å²) in [5, 5.41) is 0. The van der Waals surface area contributed by atoms with Crippen LogP contribution >= 0.6 is 0 Å². The highest BCUT2D eigenvalue weighted by atomic mass is 15.1. The van der Waals surface area contributed by atoms with Crippen LogP contribution in [0.3, 0.4) is 0 Å². The maximum Gasteiger partial charge on any atom is 0.000622 e. The molecule has 0 aromatic carbocycles. The monoisotopic (exact) mass is 128 g/mol. The molecule has 0 aromatic heterocycles. The molecule has 0 fully saturated rings. The molecule has 0 rings (SSSR count). The van der Waals surface area contributed by atoms with Crippen LogP contribution in [0, 0.1) is 11.8 Å². The summed E-state index contributed by atoms with van der Waals surface area (Å²) in [6, 6.07) is 0. The molecule has 1 unspecified atom stereocenters. The van der Waals surface area contributed by atoms with Crippen LogP contribution in [0.15, 0.2) is 0 Å². The van der Waals surface area contributed by atoms with E-state index in [1.807, 2.05) is 0 Å². The third-order valence-electron chi connectivity index (χ3n) is 1.62. The maximum atomic E-state index is 2.26. The number of nitrogens with zero attached hydrogens (tertiary/aromatic N) is 1. The van der Waals surface area contributed by atoms with Crippen LogP contribution < -0.4 is 0 Å². The Hall–Kier alpha value is -0.0400. The van der Waals surface area contributed by atoms with Crippen molar-refractivity contribution in [2.45, 2.75) is 20.8 Å². The number of hydrogen-bond acceptors (Lipinski definition) is 1. The first-order valence-electron chi connectivity index (χ1n) is 3.48. The molecule has 1 atom stereocenters. The van der Waals surface area contributed by atoms with E-state index in [0.717, 1.165) is 5.92 Å². The van der Waals surface area contributed by atoms with E-state index in [1.165, 1.54) is 12.5 Å². The highest BCUT2D eigenvalue weighted by Crippen LogP contribution is 2.11. The van der Waals surface area contributed by atoms with Crippen molar-refractivity contribution < 1.29 is 0 Å². The Morgan fingerprint density at radius 3 is 1.89 bits per heavy atom. The van der Waals surface area contributed by atoms with Crippen molar-refractivity contribution >= 4 is 0 Å². The summed E-state index contributed by atoms with van der Waals surface area (Å²) >= 11 is 0. The Morgan fingerprint density at radius 1 is 1.33 bits per heavy atom. The lowest BCUT2D eigenvalue weighted by molar-refractivity contribution is 0.347. The molecule has 0 heterocycles. The zero-order valence-corrected chi connectivity index (χ0v) is 7.23. The molecule has 9 heavy (non-hydrogen) atoms. The predicted molar refractivity (Wildman–Crippen MR) is 42.3 cm³/mol. The molecule has 1 heteroatoms. The summed E-state index contributed by atoms with van der Waals surface area (Å²) in [4.78, 5) is 2.22. The first-order valence-corrected chi connectivity index (χ1v) is 3.48. The van der Waals surface area contributed by atoms with Crippen LogP contribution in [0.1, 0.15) is 20.8 Å². The molecular weight excluding hydrogens is 110 g/mol. The fraction of sp³-hybridized carbons (Fsp3) is 0.875. The standard InChI is InChI=1S/C8H18N/c1-7(2)8(3)6-9(4)5/h8H,6H2,1-5H3. The smallest absolute Gasteiger partial charge is 0.000622 e. The van der Waals surface area contributed by atoms with Crippen molar-refractivity contribution in [3.05, 3.63) is 5.92 Å². The second-order valence-electron chi connectivity index (χ2n) is 3.24. The lowest BCUT2D eigenvalue weighted by Crippen LogP contribution is -2.22. The Morgan fingerprint density at radius 2 is 1.78 bits per heavy atom. The second-order valence-corrected chi connectivity index (χ2v) is 3.24. The summed E-state index contributed by atoms with van der Waals surface area (Å²) in [5.74, 6) is 2.25. The molecule has 0 aliphatic carbocycles. The molecule has 0 bridgehead atoms. The van der Waals surface area contributed by atoms with Gasteiger partial charge in [-0.2, -0.15) is 0 Å². The fourth-order valence-corrected chi connectivity index (χ4v) is 0.730. The quantitative estimate of drug-likeness (QED) is 0.560. The van der Waals surface area contributed by atoms with Crippen LogP contribution in [0.4, 0.5) is 0 Å². The largest absolute Gasteiger partial charge is 0.309 e. The molecule has 0 saturated heterocycles. The summed E-state index contributed by atoms with van der Waals surface area (Å²) in [6.45, 7) is 7.81. The van der Waals surface area contributed by atoms with Gasteiger partial charge in [-0.3, -0.25) is 0 Å². The van der Waals surface area contributed by atoms with Crippen molar-refractivity contribution in [3.8, 4) is 0 Å². The van der Waals surface area contributed by atoms with Gasteiger partial charge in [-0.05, 0) is 25.9 Å². The minimum absolute atomic E-state index is 0.736. The van der Waals surface area contributed by atoms with E-state index in [0.29, 0.717) is 0 Å². The average molecular weight is 128 g/mol. The van der Waals surface area contributed by atoms with Crippen molar-refractivity contribution in [2.24, 2.45) is 5.92 Å².